The number of aliphatic hydroxyl groups is 3. The van der Waals surface area contributed by atoms with Gasteiger partial charge in [-0.15, -0.1) is 0 Å². The Kier molecular flexibility index (Phi) is 7.08. The highest BCUT2D eigenvalue weighted by molar-refractivity contribution is 6.24. The van der Waals surface area contributed by atoms with Crippen LogP contribution in [0.1, 0.15) is 43.9 Å². The van der Waals surface area contributed by atoms with Crippen molar-refractivity contribution in [2.24, 2.45) is 23.0 Å². The van der Waals surface area contributed by atoms with E-state index in [4.69, 9.17) is 5.73 Å². The molecule has 0 heterocycles. The number of phenols is 1. The van der Waals surface area contributed by atoms with Crippen molar-refractivity contribution < 1.29 is 34.8 Å². The number of likely N-dealkylation sites (N-methyl/N-ethyl adjacent to an activating group) is 1. The monoisotopic (exact) mass is 542 g/mol. The number of Topliss-reactive ketones (excluding diaryl/α,β-unsaturated/α-hetero) is 2. The Bertz CT molecular complexity index is 1320. The average molecular weight is 543 g/mol. The lowest BCUT2D eigenvalue weighted by Gasteiger charge is -2.50. The van der Waals surface area contributed by atoms with E-state index in [-0.39, 0.29) is 35.1 Å². The first kappa shape index (κ1) is 28.6. The van der Waals surface area contributed by atoms with E-state index in [2.05, 4.69) is 31.4 Å². The molecule has 0 bridgehead atoms. The molecule has 0 saturated heterocycles. The van der Waals surface area contributed by atoms with Crippen LogP contribution in [-0.4, -0.2) is 82.1 Å². The summed E-state index contributed by atoms with van der Waals surface area (Å²) in [6.07, 6.45) is 0.276. The molecule has 4 rings (SSSR count). The van der Waals surface area contributed by atoms with Gasteiger partial charge in [0.2, 0.25) is 5.78 Å². The highest BCUT2D eigenvalue weighted by Gasteiger charge is 2.64. The number of nitrogens with two attached hydrogens (primary N) is 1. The Morgan fingerprint density at radius 3 is 2.38 bits per heavy atom. The van der Waals surface area contributed by atoms with Crippen LogP contribution in [0.5, 0.6) is 5.75 Å². The Labute approximate surface area is 227 Å². The fourth-order valence-corrected chi connectivity index (χ4v) is 6.30. The van der Waals surface area contributed by atoms with Crippen molar-refractivity contribution in [2.45, 2.75) is 51.8 Å². The molecule has 0 radical (unpaired) electrons. The number of carbonyl (C=O) groups is 3. The molecular formula is C28H38N4O7. The van der Waals surface area contributed by atoms with Gasteiger partial charge in [-0.1, -0.05) is 20.8 Å². The first-order chi connectivity index (χ1) is 18.1. The van der Waals surface area contributed by atoms with Crippen LogP contribution in [0.2, 0.25) is 0 Å². The minimum atomic E-state index is -2.65. The summed E-state index contributed by atoms with van der Waals surface area (Å²) in [6.45, 7) is 7.18. The van der Waals surface area contributed by atoms with Crippen LogP contribution < -0.4 is 16.4 Å². The van der Waals surface area contributed by atoms with E-state index in [1.807, 2.05) is 0 Å². The lowest BCUT2D eigenvalue weighted by atomic mass is 9.57. The van der Waals surface area contributed by atoms with Crippen molar-refractivity contribution in [1.82, 2.24) is 10.2 Å². The van der Waals surface area contributed by atoms with Gasteiger partial charge in [0, 0.05) is 42.9 Å². The van der Waals surface area contributed by atoms with Crippen LogP contribution in [0.4, 0.5) is 5.69 Å². The molecule has 0 aromatic heterocycles. The summed E-state index contributed by atoms with van der Waals surface area (Å²) in [6, 6.07) is 0.680. The average Bonchev–Trinajstić information content (AvgIpc) is 2.81. The molecule has 39 heavy (non-hydrogen) atoms. The summed E-state index contributed by atoms with van der Waals surface area (Å²) in [5, 5.41) is 51.8. The smallest absolute Gasteiger partial charge is 0.255 e. The van der Waals surface area contributed by atoms with Crippen molar-refractivity contribution in [1.29, 1.82) is 0 Å². The molecule has 0 aliphatic heterocycles. The molecule has 1 saturated carbocycles. The molecule has 0 spiro atoms. The number of primary amides is 1. The number of amides is 1. The van der Waals surface area contributed by atoms with Crippen molar-refractivity contribution in [3.05, 3.63) is 39.7 Å². The second kappa shape index (κ2) is 9.65. The number of carbonyl (C=O) groups excluding carboxylic acids is 3. The predicted octanol–water partition coefficient (Wildman–Crippen LogP) is 1.14. The van der Waals surface area contributed by atoms with Crippen LogP contribution in [-0.2, 0) is 27.3 Å². The molecule has 1 amide bonds. The minimum absolute atomic E-state index is 0.00141. The molecule has 8 N–H and O–H groups in total. The molecule has 1 aromatic rings. The summed E-state index contributed by atoms with van der Waals surface area (Å²) >= 11 is 0. The number of aromatic hydroxyl groups is 1. The van der Waals surface area contributed by atoms with Gasteiger partial charge < -0.3 is 36.8 Å². The number of benzene rings is 1. The van der Waals surface area contributed by atoms with Gasteiger partial charge in [-0.2, -0.15) is 0 Å². The highest BCUT2D eigenvalue weighted by Crippen LogP contribution is 2.53. The topological polar surface area (TPSA) is 185 Å². The van der Waals surface area contributed by atoms with Crippen LogP contribution >= 0.6 is 0 Å². The summed E-state index contributed by atoms with van der Waals surface area (Å²) in [5.74, 6) is -6.59. The van der Waals surface area contributed by atoms with E-state index in [1.54, 1.807) is 27.2 Å². The Balaban J connectivity index is 1.89. The van der Waals surface area contributed by atoms with E-state index < -0.39 is 58.0 Å². The van der Waals surface area contributed by atoms with Gasteiger partial charge in [0.25, 0.3) is 5.91 Å². The number of hydrogen-bond acceptors (Lipinski definition) is 10. The molecule has 1 aromatic carbocycles. The van der Waals surface area contributed by atoms with Crippen molar-refractivity contribution in [2.75, 3.05) is 33.0 Å². The molecule has 3 aliphatic carbocycles. The van der Waals surface area contributed by atoms with Gasteiger partial charge in [0.05, 0.1) is 11.6 Å². The number of ketones is 2. The van der Waals surface area contributed by atoms with E-state index in [1.165, 1.54) is 4.90 Å². The van der Waals surface area contributed by atoms with Crippen molar-refractivity contribution in [3.63, 3.8) is 0 Å². The van der Waals surface area contributed by atoms with Crippen LogP contribution in [0.25, 0.3) is 5.76 Å². The molecular weight excluding hydrogens is 504 g/mol. The number of rotatable bonds is 6. The lowest BCUT2D eigenvalue weighted by molar-refractivity contribution is -0.153. The third kappa shape index (κ3) is 4.38. The maximum Gasteiger partial charge on any atom is 0.255 e. The second-order valence-corrected chi connectivity index (χ2v) is 12.2. The quantitative estimate of drug-likeness (QED) is 0.203. The maximum atomic E-state index is 14.0. The van der Waals surface area contributed by atoms with Gasteiger partial charge in [0.15, 0.2) is 11.4 Å². The minimum Gasteiger partial charge on any atom is -0.508 e. The number of fused-ring (bicyclic) bond motifs is 3. The fourth-order valence-electron chi connectivity index (χ4n) is 6.30. The van der Waals surface area contributed by atoms with Crippen LogP contribution in [0.3, 0.4) is 0 Å². The van der Waals surface area contributed by atoms with Crippen LogP contribution in [0, 0.1) is 17.3 Å². The lowest BCUT2D eigenvalue weighted by Crippen LogP contribution is -2.65. The summed E-state index contributed by atoms with van der Waals surface area (Å²) in [4.78, 5) is 40.7. The largest absolute Gasteiger partial charge is 0.508 e. The van der Waals surface area contributed by atoms with E-state index in [9.17, 15) is 34.8 Å². The third-order valence-electron chi connectivity index (χ3n) is 8.04. The zero-order valence-corrected chi connectivity index (χ0v) is 23.2. The normalized spacial score (nSPS) is 26.9. The maximum absolute atomic E-state index is 14.0. The van der Waals surface area contributed by atoms with Crippen LogP contribution in [0.15, 0.2) is 23.0 Å². The number of hydrogen-bond donors (Lipinski definition) is 7. The zero-order chi connectivity index (χ0) is 29.2. The van der Waals surface area contributed by atoms with Crippen molar-refractivity contribution >= 4 is 28.9 Å². The number of phenolic OH excluding ortho intramolecular Hbond substituents is 1. The standard InChI is InChI=1S/C28H38N4O7/c1-27(2,3)11-31-10-13-9-16(30-4)14-7-12-8-15-20(32(5)6)23(35)19(26(29)38)25(37)28(15,39)24(36)17(12)22(34)18(14)21(13)33/h9,12,15,20,30-31,33-34,37,39H,7-8,10-11H2,1-6H3,(H2,29,38)/t12-,15-,20-,28-/m0/s1. The first-order valence-corrected chi connectivity index (χ1v) is 13.0. The second-order valence-electron chi connectivity index (χ2n) is 12.2. The molecule has 4 atom stereocenters. The molecule has 3 aliphatic rings. The first-order valence-electron chi connectivity index (χ1n) is 13.0. The van der Waals surface area contributed by atoms with Gasteiger partial charge in [-0.3, -0.25) is 19.3 Å². The number of nitrogens with one attached hydrogen (secondary N) is 2. The Hall–Kier alpha value is -3.41. The molecule has 0 unspecified atom stereocenters. The van der Waals surface area contributed by atoms with E-state index in [0.29, 0.717) is 29.9 Å². The third-order valence-corrected chi connectivity index (χ3v) is 8.04. The highest BCUT2D eigenvalue weighted by atomic mass is 16.3. The van der Waals surface area contributed by atoms with Gasteiger partial charge in [0.1, 0.15) is 22.8 Å². The summed E-state index contributed by atoms with van der Waals surface area (Å²) in [5.41, 5.74) is 3.55. The summed E-state index contributed by atoms with van der Waals surface area (Å²) < 4.78 is 0. The van der Waals surface area contributed by atoms with Crippen molar-refractivity contribution in [3.8, 4) is 5.75 Å². The molecule has 212 valence electrons. The Morgan fingerprint density at radius 2 is 1.85 bits per heavy atom. The van der Waals surface area contributed by atoms with Gasteiger partial charge in [-0.05, 0) is 49.9 Å². The van der Waals surface area contributed by atoms with E-state index >= 15 is 0 Å². The molecule has 11 heteroatoms. The number of aliphatic hydroxyl groups excluding tert-OH is 2. The Morgan fingerprint density at radius 1 is 1.21 bits per heavy atom. The van der Waals surface area contributed by atoms with Gasteiger partial charge in [-0.25, -0.2) is 0 Å². The SMILES string of the molecule is CNc1cc(CNCC(C)(C)C)c(O)c2c1C[C@H]1C[C@H]3[C@H](N(C)C)C(=O)C(C(N)=O)=C(O)[C@@]3(O)C(=O)C1=C2O. The fraction of sp³-hybridized carbons (Fsp3) is 0.536. The predicted molar refractivity (Wildman–Crippen MR) is 145 cm³/mol. The summed E-state index contributed by atoms with van der Waals surface area (Å²) in [7, 11) is 4.86. The van der Waals surface area contributed by atoms with Gasteiger partial charge >= 0.3 is 0 Å². The molecule has 1 fully saturated rings. The zero-order valence-electron chi connectivity index (χ0n) is 23.2. The molecule has 11 nitrogen and oxygen atoms in total. The number of anilines is 1. The number of nitrogens with zero attached hydrogens (tertiary/aromatic N) is 1. The van der Waals surface area contributed by atoms with E-state index in [0.717, 1.165) is 0 Å².